The van der Waals surface area contributed by atoms with Crippen molar-refractivity contribution in [1.29, 1.82) is 0 Å². The SMILES string of the molecule is O=C(CN1CCc2ccccc21)NCCOc1ccccc1. The lowest BCUT2D eigenvalue weighted by Crippen LogP contribution is -2.38. The summed E-state index contributed by atoms with van der Waals surface area (Å²) in [5.74, 6) is 0.860. The molecule has 1 N–H and O–H groups in total. The maximum absolute atomic E-state index is 12.0. The zero-order chi connectivity index (χ0) is 15.2. The molecule has 0 spiro atoms. The van der Waals surface area contributed by atoms with Crippen LogP contribution in [0.15, 0.2) is 54.6 Å². The van der Waals surface area contributed by atoms with E-state index in [-0.39, 0.29) is 5.91 Å². The summed E-state index contributed by atoms with van der Waals surface area (Å²) >= 11 is 0. The number of rotatable bonds is 6. The van der Waals surface area contributed by atoms with E-state index in [2.05, 4.69) is 22.3 Å². The molecule has 0 fully saturated rings. The second kappa shape index (κ2) is 6.98. The predicted octanol–water partition coefficient (Wildman–Crippen LogP) is 2.24. The van der Waals surface area contributed by atoms with E-state index in [0.717, 1.165) is 18.7 Å². The Morgan fingerprint density at radius 3 is 2.73 bits per heavy atom. The number of fused-ring (bicyclic) bond motifs is 1. The van der Waals surface area contributed by atoms with Crippen LogP contribution in [0.3, 0.4) is 0 Å². The molecule has 4 nitrogen and oxygen atoms in total. The van der Waals surface area contributed by atoms with Crippen LogP contribution in [0.1, 0.15) is 5.56 Å². The minimum Gasteiger partial charge on any atom is -0.492 e. The lowest BCUT2D eigenvalue weighted by Gasteiger charge is -2.18. The number of amides is 1. The summed E-state index contributed by atoms with van der Waals surface area (Å²) in [7, 11) is 0. The summed E-state index contributed by atoms with van der Waals surface area (Å²) in [5.41, 5.74) is 2.50. The molecule has 1 aliphatic rings. The van der Waals surface area contributed by atoms with Crippen LogP contribution in [-0.2, 0) is 11.2 Å². The number of carbonyl (C=O) groups excluding carboxylic acids is 1. The number of nitrogens with one attached hydrogen (secondary N) is 1. The second-order valence-corrected chi connectivity index (χ2v) is 5.31. The minimum absolute atomic E-state index is 0.0355. The van der Waals surface area contributed by atoms with E-state index in [1.54, 1.807) is 0 Å². The molecular weight excluding hydrogens is 276 g/mol. The van der Waals surface area contributed by atoms with Crippen LogP contribution in [0.5, 0.6) is 5.75 Å². The number of hydrogen-bond acceptors (Lipinski definition) is 3. The van der Waals surface area contributed by atoms with Crippen molar-refractivity contribution in [3.63, 3.8) is 0 Å². The third kappa shape index (κ3) is 3.58. The number of nitrogens with zero attached hydrogens (tertiary/aromatic N) is 1. The summed E-state index contributed by atoms with van der Waals surface area (Å²) in [4.78, 5) is 14.1. The summed E-state index contributed by atoms with van der Waals surface area (Å²) in [6.07, 6.45) is 1.01. The van der Waals surface area contributed by atoms with Crippen molar-refractivity contribution in [3.8, 4) is 5.75 Å². The highest BCUT2D eigenvalue weighted by molar-refractivity contribution is 5.82. The number of ether oxygens (including phenoxy) is 1. The molecule has 1 amide bonds. The Balaban J connectivity index is 1.40. The molecule has 2 aromatic carbocycles. The average molecular weight is 296 g/mol. The van der Waals surface area contributed by atoms with Crippen molar-refractivity contribution in [3.05, 3.63) is 60.2 Å². The number of para-hydroxylation sites is 2. The minimum atomic E-state index is 0.0355. The van der Waals surface area contributed by atoms with Crippen molar-refractivity contribution in [2.24, 2.45) is 0 Å². The first-order chi connectivity index (χ1) is 10.8. The van der Waals surface area contributed by atoms with Gasteiger partial charge in [0.15, 0.2) is 0 Å². The van der Waals surface area contributed by atoms with Gasteiger partial charge in [0, 0.05) is 12.2 Å². The highest BCUT2D eigenvalue weighted by atomic mass is 16.5. The van der Waals surface area contributed by atoms with Gasteiger partial charge in [-0.05, 0) is 30.2 Å². The van der Waals surface area contributed by atoms with E-state index in [9.17, 15) is 4.79 Å². The molecule has 0 saturated heterocycles. The molecule has 1 heterocycles. The van der Waals surface area contributed by atoms with E-state index in [1.165, 1.54) is 11.3 Å². The Morgan fingerprint density at radius 1 is 1.09 bits per heavy atom. The van der Waals surface area contributed by atoms with Crippen LogP contribution >= 0.6 is 0 Å². The number of hydrogen-bond donors (Lipinski definition) is 1. The van der Waals surface area contributed by atoms with E-state index < -0.39 is 0 Å². The molecule has 0 bridgehead atoms. The first kappa shape index (κ1) is 14.4. The van der Waals surface area contributed by atoms with Gasteiger partial charge in [0.25, 0.3) is 0 Å². The van der Waals surface area contributed by atoms with Crippen LogP contribution < -0.4 is 15.0 Å². The summed E-state index contributed by atoms with van der Waals surface area (Å²) in [5, 5.41) is 2.91. The molecule has 0 radical (unpaired) electrons. The first-order valence-electron chi connectivity index (χ1n) is 7.60. The van der Waals surface area contributed by atoms with Crippen molar-refractivity contribution >= 4 is 11.6 Å². The Hall–Kier alpha value is -2.49. The topological polar surface area (TPSA) is 41.6 Å². The monoisotopic (exact) mass is 296 g/mol. The molecular formula is C18H20N2O2. The van der Waals surface area contributed by atoms with Crippen molar-refractivity contribution in [1.82, 2.24) is 5.32 Å². The Morgan fingerprint density at radius 2 is 1.86 bits per heavy atom. The van der Waals surface area contributed by atoms with Gasteiger partial charge in [0.05, 0.1) is 13.1 Å². The molecule has 22 heavy (non-hydrogen) atoms. The van der Waals surface area contributed by atoms with Crippen LogP contribution in [0.25, 0.3) is 0 Å². The molecule has 4 heteroatoms. The van der Waals surface area contributed by atoms with Crippen LogP contribution in [0.2, 0.25) is 0 Å². The van der Waals surface area contributed by atoms with E-state index >= 15 is 0 Å². The van der Waals surface area contributed by atoms with Crippen molar-refractivity contribution in [2.75, 3.05) is 31.1 Å². The first-order valence-corrected chi connectivity index (χ1v) is 7.60. The van der Waals surface area contributed by atoms with Crippen LogP contribution in [-0.4, -0.2) is 32.1 Å². The Bertz CT molecular complexity index is 628. The molecule has 1 aliphatic heterocycles. The summed E-state index contributed by atoms with van der Waals surface area (Å²) in [6.45, 7) is 2.31. The van der Waals surface area contributed by atoms with Gasteiger partial charge in [-0.25, -0.2) is 0 Å². The number of carbonyl (C=O) groups is 1. The Kier molecular flexibility index (Phi) is 4.59. The second-order valence-electron chi connectivity index (χ2n) is 5.31. The lowest BCUT2D eigenvalue weighted by atomic mass is 10.2. The fourth-order valence-corrected chi connectivity index (χ4v) is 2.68. The lowest BCUT2D eigenvalue weighted by molar-refractivity contribution is -0.119. The molecule has 0 saturated carbocycles. The molecule has 2 aromatic rings. The molecule has 3 rings (SSSR count). The van der Waals surface area contributed by atoms with Gasteiger partial charge in [0.2, 0.25) is 5.91 Å². The number of anilines is 1. The highest BCUT2D eigenvalue weighted by Crippen LogP contribution is 2.26. The normalized spacial score (nSPS) is 12.8. The standard InChI is InChI=1S/C18H20N2O2/c21-18(19-11-13-22-16-7-2-1-3-8-16)14-20-12-10-15-6-4-5-9-17(15)20/h1-9H,10-14H2,(H,19,21). The van der Waals surface area contributed by atoms with Gasteiger partial charge in [-0.15, -0.1) is 0 Å². The maximum atomic E-state index is 12.0. The zero-order valence-corrected chi connectivity index (χ0v) is 12.5. The quantitative estimate of drug-likeness (QED) is 0.831. The predicted molar refractivity (Wildman–Crippen MR) is 87.3 cm³/mol. The third-order valence-corrected chi connectivity index (χ3v) is 3.75. The van der Waals surface area contributed by atoms with Gasteiger partial charge in [0.1, 0.15) is 12.4 Å². The van der Waals surface area contributed by atoms with Crippen molar-refractivity contribution < 1.29 is 9.53 Å². The molecule has 0 atom stereocenters. The van der Waals surface area contributed by atoms with Gasteiger partial charge >= 0.3 is 0 Å². The fourth-order valence-electron chi connectivity index (χ4n) is 2.68. The number of benzene rings is 2. The third-order valence-electron chi connectivity index (χ3n) is 3.75. The maximum Gasteiger partial charge on any atom is 0.239 e. The van der Waals surface area contributed by atoms with E-state index in [1.807, 2.05) is 42.5 Å². The smallest absolute Gasteiger partial charge is 0.239 e. The van der Waals surface area contributed by atoms with E-state index in [0.29, 0.717) is 19.7 Å². The van der Waals surface area contributed by atoms with Gasteiger partial charge < -0.3 is 15.0 Å². The highest BCUT2D eigenvalue weighted by Gasteiger charge is 2.20. The van der Waals surface area contributed by atoms with Gasteiger partial charge in [-0.2, -0.15) is 0 Å². The molecule has 114 valence electrons. The van der Waals surface area contributed by atoms with Crippen LogP contribution in [0, 0.1) is 0 Å². The molecule has 0 unspecified atom stereocenters. The van der Waals surface area contributed by atoms with Crippen molar-refractivity contribution in [2.45, 2.75) is 6.42 Å². The van der Waals surface area contributed by atoms with E-state index in [4.69, 9.17) is 4.74 Å². The van der Waals surface area contributed by atoms with Gasteiger partial charge in [-0.3, -0.25) is 4.79 Å². The Labute approximate surface area is 130 Å². The van der Waals surface area contributed by atoms with Gasteiger partial charge in [-0.1, -0.05) is 36.4 Å². The fraction of sp³-hybridized carbons (Fsp3) is 0.278. The summed E-state index contributed by atoms with van der Waals surface area (Å²) in [6, 6.07) is 17.9. The molecule has 0 aliphatic carbocycles. The molecule has 0 aromatic heterocycles. The largest absolute Gasteiger partial charge is 0.492 e. The van der Waals surface area contributed by atoms with Crippen LogP contribution in [0.4, 0.5) is 5.69 Å². The zero-order valence-electron chi connectivity index (χ0n) is 12.5. The summed E-state index contributed by atoms with van der Waals surface area (Å²) < 4.78 is 5.55. The average Bonchev–Trinajstić information content (AvgIpc) is 2.96.